The molecule has 1 saturated heterocycles. The largest absolute Gasteiger partial charge is 0.369 e. The second-order valence-electron chi connectivity index (χ2n) is 7.80. The number of carbonyl (C=O) groups is 1. The van der Waals surface area contributed by atoms with Crippen molar-refractivity contribution >= 4 is 23.2 Å². The number of piperazine rings is 1. The van der Waals surface area contributed by atoms with Crippen LogP contribution in [0.3, 0.4) is 0 Å². The number of hydrogen-bond acceptors (Lipinski definition) is 3. The summed E-state index contributed by atoms with van der Waals surface area (Å²) in [5.41, 5.74) is 2.27. The van der Waals surface area contributed by atoms with Crippen LogP contribution in [0.15, 0.2) is 54.6 Å². The van der Waals surface area contributed by atoms with Crippen molar-refractivity contribution in [2.24, 2.45) is 0 Å². The van der Waals surface area contributed by atoms with Crippen LogP contribution in [0.5, 0.6) is 0 Å². The van der Waals surface area contributed by atoms with Gasteiger partial charge in [-0.15, -0.1) is 0 Å². The van der Waals surface area contributed by atoms with E-state index in [1.807, 2.05) is 30.3 Å². The molecule has 1 atom stereocenters. The van der Waals surface area contributed by atoms with Gasteiger partial charge in [0, 0.05) is 42.9 Å². The van der Waals surface area contributed by atoms with Gasteiger partial charge in [0.2, 0.25) is 5.91 Å². The number of nitrogens with zero attached hydrogens (tertiary/aromatic N) is 2. The fourth-order valence-electron chi connectivity index (χ4n) is 4.40. The average Bonchev–Trinajstić information content (AvgIpc) is 3.24. The van der Waals surface area contributed by atoms with Crippen molar-refractivity contribution in [3.63, 3.8) is 0 Å². The summed E-state index contributed by atoms with van der Waals surface area (Å²) in [6, 6.07) is 18.3. The molecule has 0 spiro atoms. The standard InChI is InChI=1S/C23H28ClN3O/c24-19-12-10-18(11-13-19)22(23(28)25-20-6-4-5-7-20)27-16-14-26(15-17-27)21-8-2-1-3-9-21/h1-3,8-13,20,22H,4-7,14-17H2,(H,25,28)/t22-/m1/s1. The van der Waals surface area contributed by atoms with E-state index in [1.54, 1.807) is 0 Å². The van der Waals surface area contributed by atoms with E-state index in [4.69, 9.17) is 11.6 Å². The lowest BCUT2D eigenvalue weighted by Crippen LogP contribution is -2.52. The summed E-state index contributed by atoms with van der Waals surface area (Å²) in [7, 11) is 0. The molecule has 0 unspecified atom stereocenters. The van der Waals surface area contributed by atoms with Gasteiger partial charge in [0.25, 0.3) is 0 Å². The van der Waals surface area contributed by atoms with Crippen molar-refractivity contribution in [2.45, 2.75) is 37.8 Å². The molecule has 2 aliphatic rings. The smallest absolute Gasteiger partial charge is 0.242 e. The molecule has 0 radical (unpaired) electrons. The molecule has 0 bridgehead atoms. The average molecular weight is 398 g/mol. The summed E-state index contributed by atoms with van der Waals surface area (Å²) in [6.45, 7) is 3.57. The molecule has 1 N–H and O–H groups in total. The van der Waals surface area contributed by atoms with Crippen LogP contribution in [0.1, 0.15) is 37.3 Å². The molecule has 0 aromatic heterocycles. The predicted octanol–water partition coefficient (Wildman–Crippen LogP) is 4.26. The highest BCUT2D eigenvalue weighted by Crippen LogP contribution is 2.27. The summed E-state index contributed by atoms with van der Waals surface area (Å²) in [5.74, 6) is 0.127. The Morgan fingerprint density at radius 3 is 2.21 bits per heavy atom. The normalized spacial score (nSPS) is 19.5. The van der Waals surface area contributed by atoms with Gasteiger partial charge in [-0.05, 0) is 42.7 Å². The fourth-order valence-corrected chi connectivity index (χ4v) is 4.53. The molecule has 1 heterocycles. The predicted molar refractivity (Wildman–Crippen MR) is 115 cm³/mol. The van der Waals surface area contributed by atoms with Gasteiger partial charge in [-0.2, -0.15) is 0 Å². The SMILES string of the molecule is O=C(NC1CCCC1)[C@@H](c1ccc(Cl)cc1)N1CCN(c2ccccc2)CC1. The Hall–Kier alpha value is -2.04. The number of halogens is 1. The molecule has 5 heteroatoms. The molecular weight excluding hydrogens is 370 g/mol. The first-order chi connectivity index (χ1) is 13.7. The van der Waals surface area contributed by atoms with Crippen molar-refractivity contribution in [3.8, 4) is 0 Å². The van der Waals surface area contributed by atoms with E-state index in [0.717, 1.165) is 44.6 Å². The molecule has 1 aliphatic carbocycles. The monoisotopic (exact) mass is 397 g/mol. The van der Waals surface area contributed by atoms with E-state index < -0.39 is 0 Å². The molecule has 4 nitrogen and oxygen atoms in total. The lowest BCUT2D eigenvalue weighted by atomic mass is 10.0. The van der Waals surface area contributed by atoms with E-state index in [1.165, 1.54) is 18.5 Å². The molecule has 2 aromatic carbocycles. The summed E-state index contributed by atoms with van der Waals surface area (Å²) < 4.78 is 0. The second-order valence-corrected chi connectivity index (χ2v) is 8.24. The van der Waals surface area contributed by atoms with Crippen molar-refractivity contribution in [1.29, 1.82) is 0 Å². The molecular formula is C23H28ClN3O. The summed E-state index contributed by atoms with van der Waals surface area (Å²) in [4.78, 5) is 17.9. The van der Waals surface area contributed by atoms with Gasteiger partial charge >= 0.3 is 0 Å². The lowest BCUT2D eigenvalue weighted by molar-refractivity contribution is -0.127. The molecule has 1 saturated carbocycles. The van der Waals surface area contributed by atoms with Crippen LogP contribution < -0.4 is 10.2 Å². The molecule has 2 fully saturated rings. The van der Waals surface area contributed by atoms with Crippen molar-refractivity contribution in [1.82, 2.24) is 10.2 Å². The van der Waals surface area contributed by atoms with Gasteiger partial charge in [-0.1, -0.05) is 54.8 Å². The zero-order chi connectivity index (χ0) is 19.3. The molecule has 2 aromatic rings. The Labute approximate surface area is 172 Å². The van der Waals surface area contributed by atoms with Crippen LogP contribution in [0.25, 0.3) is 0 Å². The highest BCUT2D eigenvalue weighted by molar-refractivity contribution is 6.30. The first kappa shape index (κ1) is 19.3. The van der Waals surface area contributed by atoms with Gasteiger partial charge in [0.05, 0.1) is 0 Å². The maximum atomic E-state index is 13.2. The quantitative estimate of drug-likeness (QED) is 0.818. The Morgan fingerprint density at radius 2 is 1.57 bits per heavy atom. The zero-order valence-corrected chi connectivity index (χ0v) is 16.9. The van der Waals surface area contributed by atoms with Crippen molar-refractivity contribution < 1.29 is 4.79 Å². The Balaban J connectivity index is 1.48. The third-order valence-electron chi connectivity index (χ3n) is 5.94. The maximum absolute atomic E-state index is 13.2. The Morgan fingerprint density at radius 1 is 0.929 bits per heavy atom. The van der Waals surface area contributed by atoms with Gasteiger partial charge in [-0.25, -0.2) is 0 Å². The first-order valence-electron chi connectivity index (χ1n) is 10.3. The summed E-state index contributed by atoms with van der Waals surface area (Å²) in [5, 5.41) is 4.01. The van der Waals surface area contributed by atoms with Crippen molar-refractivity contribution in [2.75, 3.05) is 31.1 Å². The molecule has 1 aliphatic heterocycles. The van der Waals surface area contributed by atoms with Crippen LogP contribution in [-0.2, 0) is 4.79 Å². The number of amides is 1. The maximum Gasteiger partial charge on any atom is 0.242 e. The number of benzene rings is 2. The second kappa shape index (κ2) is 8.97. The Bertz CT molecular complexity index is 766. The minimum atomic E-state index is -0.254. The number of rotatable bonds is 5. The fraction of sp³-hybridized carbons (Fsp3) is 0.435. The van der Waals surface area contributed by atoms with E-state index >= 15 is 0 Å². The van der Waals surface area contributed by atoms with Crippen molar-refractivity contribution in [3.05, 3.63) is 65.2 Å². The van der Waals surface area contributed by atoms with Crippen LogP contribution in [0.4, 0.5) is 5.69 Å². The molecule has 28 heavy (non-hydrogen) atoms. The van der Waals surface area contributed by atoms with Gasteiger partial charge < -0.3 is 10.2 Å². The highest BCUT2D eigenvalue weighted by Gasteiger charge is 2.32. The summed E-state index contributed by atoms with van der Waals surface area (Å²) in [6.07, 6.45) is 4.63. The van der Waals surface area contributed by atoms with Gasteiger partial charge in [0.1, 0.15) is 6.04 Å². The number of carbonyl (C=O) groups excluding carboxylic acids is 1. The molecule has 1 amide bonds. The Kier molecular flexibility index (Phi) is 6.18. The zero-order valence-electron chi connectivity index (χ0n) is 16.2. The minimum Gasteiger partial charge on any atom is -0.369 e. The van der Waals surface area contributed by atoms with Crippen LogP contribution in [0.2, 0.25) is 5.02 Å². The van der Waals surface area contributed by atoms with E-state index in [2.05, 4.69) is 39.4 Å². The van der Waals surface area contributed by atoms with E-state index in [-0.39, 0.29) is 11.9 Å². The molecule has 4 rings (SSSR count). The number of para-hydroxylation sites is 1. The van der Waals surface area contributed by atoms with E-state index in [0.29, 0.717) is 11.1 Å². The third-order valence-corrected chi connectivity index (χ3v) is 6.19. The van der Waals surface area contributed by atoms with Gasteiger partial charge in [-0.3, -0.25) is 9.69 Å². The van der Waals surface area contributed by atoms with E-state index in [9.17, 15) is 4.79 Å². The third kappa shape index (κ3) is 4.50. The van der Waals surface area contributed by atoms with Crippen LogP contribution >= 0.6 is 11.6 Å². The first-order valence-corrected chi connectivity index (χ1v) is 10.7. The van der Waals surface area contributed by atoms with Crippen LogP contribution in [0, 0.1) is 0 Å². The van der Waals surface area contributed by atoms with Gasteiger partial charge in [0.15, 0.2) is 0 Å². The number of hydrogen-bond donors (Lipinski definition) is 1. The highest BCUT2D eigenvalue weighted by atomic mass is 35.5. The summed E-state index contributed by atoms with van der Waals surface area (Å²) >= 11 is 6.09. The lowest BCUT2D eigenvalue weighted by Gasteiger charge is -2.40. The number of anilines is 1. The number of nitrogens with one attached hydrogen (secondary N) is 1. The van der Waals surface area contributed by atoms with Crippen LogP contribution in [-0.4, -0.2) is 43.0 Å². The molecule has 148 valence electrons. The topological polar surface area (TPSA) is 35.6 Å². The minimum absolute atomic E-state index is 0.127.